The highest BCUT2D eigenvalue weighted by Gasteiger charge is 2.13. The van der Waals surface area contributed by atoms with Gasteiger partial charge < -0.3 is 10.3 Å². The highest BCUT2D eigenvalue weighted by Crippen LogP contribution is 2.33. The van der Waals surface area contributed by atoms with E-state index in [0.717, 1.165) is 21.0 Å². The van der Waals surface area contributed by atoms with Crippen molar-refractivity contribution in [2.24, 2.45) is 12.8 Å². The Morgan fingerprint density at radius 3 is 2.73 bits per heavy atom. The molecule has 0 spiro atoms. The van der Waals surface area contributed by atoms with Gasteiger partial charge in [0.25, 0.3) is 0 Å². The molecule has 0 saturated carbocycles. The van der Waals surface area contributed by atoms with Crippen molar-refractivity contribution in [3.63, 3.8) is 0 Å². The highest BCUT2D eigenvalue weighted by atomic mass is 79.9. The molecule has 2 heterocycles. The van der Waals surface area contributed by atoms with Crippen LogP contribution in [-0.2, 0) is 13.6 Å². The van der Waals surface area contributed by atoms with Crippen LogP contribution < -0.4 is 5.73 Å². The molecule has 0 aliphatic heterocycles. The molecule has 0 aromatic carbocycles. The van der Waals surface area contributed by atoms with Crippen LogP contribution in [0.25, 0.3) is 10.6 Å². The third-order valence-corrected chi connectivity index (χ3v) is 3.98. The van der Waals surface area contributed by atoms with Crippen LogP contribution in [0.1, 0.15) is 11.5 Å². The normalized spacial score (nSPS) is 10.9. The first kappa shape index (κ1) is 10.9. The standard InChI is InChI=1S/C10H12BrN3S/c1-6-10(7-3-4-8(11)15-7)14(2)9(5-12)13-6/h3-4H,5,12H2,1-2H3. The number of hydrogen-bond donors (Lipinski definition) is 1. The molecule has 2 aromatic rings. The number of nitrogens with zero attached hydrogens (tertiary/aromatic N) is 2. The maximum absolute atomic E-state index is 5.63. The second kappa shape index (κ2) is 4.08. The Morgan fingerprint density at radius 1 is 1.53 bits per heavy atom. The Kier molecular flexibility index (Phi) is 2.95. The van der Waals surface area contributed by atoms with Crippen LogP contribution in [0.2, 0.25) is 0 Å². The van der Waals surface area contributed by atoms with E-state index < -0.39 is 0 Å². The summed E-state index contributed by atoms with van der Waals surface area (Å²) in [5.74, 6) is 0.923. The molecule has 0 aliphatic carbocycles. The lowest BCUT2D eigenvalue weighted by atomic mass is 10.3. The SMILES string of the molecule is Cc1nc(CN)n(C)c1-c1ccc(Br)s1. The summed E-state index contributed by atoms with van der Waals surface area (Å²) in [7, 11) is 2.01. The van der Waals surface area contributed by atoms with Crippen LogP contribution in [-0.4, -0.2) is 9.55 Å². The zero-order chi connectivity index (χ0) is 11.0. The summed E-state index contributed by atoms with van der Waals surface area (Å²) < 4.78 is 3.19. The van der Waals surface area contributed by atoms with E-state index in [4.69, 9.17) is 5.73 Å². The molecule has 0 amide bonds. The minimum atomic E-state index is 0.476. The number of aryl methyl sites for hydroxylation is 1. The van der Waals surface area contributed by atoms with E-state index in [1.54, 1.807) is 11.3 Å². The first-order chi connectivity index (χ1) is 7.13. The molecule has 0 atom stereocenters. The summed E-state index contributed by atoms with van der Waals surface area (Å²) >= 11 is 5.17. The molecule has 80 valence electrons. The van der Waals surface area contributed by atoms with Crippen molar-refractivity contribution in [3.8, 4) is 10.6 Å². The maximum atomic E-state index is 5.63. The molecule has 0 unspecified atom stereocenters. The molecule has 2 rings (SSSR count). The average Bonchev–Trinajstić information content (AvgIpc) is 2.71. The van der Waals surface area contributed by atoms with E-state index in [0.29, 0.717) is 6.54 Å². The number of thiophene rings is 1. The van der Waals surface area contributed by atoms with Gasteiger partial charge in [0.15, 0.2) is 0 Å². The van der Waals surface area contributed by atoms with Gasteiger partial charge in [-0.2, -0.15) is 0 Å². The van der Waals surface area contributed by atoms with Crippen molar-refractivity contribution in [2.75, 3.05) is 0 Å². The first-order valence-electron chi connectivity index (χ1n) is 4.61. The van der Waals surface area contributed by atoms with Crippen molar-refractivity contribution in [2.45, 2.75) is 13.5 Å². The number of nitrogens with two attached hydrogens (primary N) is 1. The number of halogens is 1. The second-order valence-corrected chi connectivity index (χ2v) is 5.79. The fourth-order valence-electron chi connectivity index (χ4n) is 1.66. The van der Waals surface area contributed by atoms with Gasteiger partial charge in [-0.3, -0.25) is 0 Å². The average molecular weight is 286 g/mol. The van der Waals surface area contributed by atoms with Gasteiger partial charge in [0.2, 0.25) is 0 Å². The Labute approximate surface area is 101 Å². The molecule has 2 aromatic heterocycles. The van der Waals surface area contributed by atoms with Gasteiger partial charge in [-0.05, 0) is 35.0 Å². The van der Waals surface area contributed by atoms with Crippen LogP contribution in [0.3, 0.4) is 0 Å². The molecule has 0 aliphatic rings. The highest BCUT2D eigenvalue weighted by molar-refractivity contribution is 9.11. The van der Waals surface area contributed by atoms with Crippen molar-refractivity contribution in [3.05, 3.63) is 27.4 Å². The first-order valence-corrected chi connectivity index (χ1v) is 6.22. The summed E-state index contributed by atoms with van der Waals surface area (Å²) in [5, 5.41) is 0. The predicted molar refractivity (Wildman–Crippen MR) is 66.8 cm³/mol. The fourth-order valence-corrected chi connectivity index (χ4v) is 3.18. The van der Waals surface area contributed by atoms with Crippen LogP contribution in [0.5, 0.6) is 0 Å². The van der Waals surface area contributed by atoms with Crippen LogP contribution in [0, 0.1) is 6.92 Å². The molecule has 0 bridgehead atoms. The van der Waals surface area contributed by atoms with Gasteiger partial charge >= 0.3 is 0 Å². The van der Waals surface area contributed by atoms with Crippen molar-refractivity contribution in [1.82, 2.24) is 9.55 Å². The number of rotatable bonds is 2. The van der Waals surface area contributed by atoms with Crippen molar-refractivity contribution < 1.29 is 0 Å². The van der Waals surface area contributed by atoms with E-state index >= 15 is 0 Å². The van der Waals surface area contributed by atoms with Crippen molar-refractivity contribution in [1.29, 1.82) is 0 Å². The lowest BCUT2D eigenvalue weighted by Crippen LogP contribution is -2.05. The van der Waals surface area contributed by atoms with Gasteiger partial charge in [0, 0.05) is 7.05 Å². The van der Waals surface area contributed by atoms with Gasteiger partial charge in [-0.25, -0.2) is 4.98 Å². The summed E-state index contributed by atoms with van der Waals surface area (Å²) in [4.78, 5) is 5.66. The van der Waals surface area contributed by atoms with Crippen LogP contribution in [0.4, 0.5) is 0 Å². The molecular formula is C10H12BrN3S. The van der Waals surface area contributed by atoms with E-state index in [9.17, 15) is 0 Å². The van der Waals surface area contributed by atoms with E-state index in [-0.39, 0.29) is 0 Å². The third-order valence-electron chi connectivity index (χ3n) is 2.35. The zero-order valence-corrected chi connectivity index (χ0v) is 11.0. The molecule has 0 saturated heterocycles. The molecular weight excluding hydrogens is 274 g/mol. The molecule has 2 N–H and O–H groups in total. The van der Waals surface area contributed by atoms with E-state index in [1.165, 1.54) is 4.88 Å². The Balaban J connectivity index is 2.57. The lowest BCUT2D eigenvalue weighted by Gasteiger charge is -2.02. The summed E-state index contributed by atoms with van der Waals surface area (Å²) in [6.07, 6.45) is 0. The van der Waals surface area contributed by atoms with Gasteiger partial charge in [-0.1, -0.05) is 0 Å². The van der Waals surface area contributed by atoms with Gasteiger partial charge in [0.05, 0.1) is 26.6 Å². The quantitative estimate of drug-likeness (QED) is 0.922. The second-order valence-electron chi connectivity index (χ2n) is 3.33. The van der Waals surface area contributed by atoms with E-state index in [1.807, 2.05) is 14.0 Å². The number of imidazole rings is 1. The number of hydrogen-bond acceptors (Lipinski definition) is 3. The monoisotopic (exact) mass is 285 g/mol. The molecule has 0 fully saturated rings. The topological polar surface area (TPSA) is 43.8 Å². The summed E-state index contributed by atoms with van der Waals surface area (Å²) in [6.45, 7) is 2.49. The van der Waals surface area contributed by atoms with Crippen molar-refractivity contribution >= 4 is 27.3 Å². The smallest absolute Gasteiger partial charge is 0.123 e. The minimum Gasteiger partial charge on any atom is -0.329 e. The molecule has 0 radical (unpaired) electrons. The lowest BCUT2D eigenvalue weighted by molar-refractivity contribution is 0.799. The molecule has 5 heteroatoms. The van der Waals surface area contributed by atoms with Gasteiger partial charge in [-0.15, -0.1) is 11.3 Å². The molecule has 3 nitrogen and oxygen atoms in total. The Morgan fingerprint density at radius 2 is 2.27 bits per heavy atom. The molecule has 15 heavy (non-hydrogen) atoms. The summed E-state index contributed by atoms with van der Waals surface area (Å²) in [5.41, 5.74) is 7.82. The van der Waals surface area contributed by atoms with Crippen LogP contribution >= 0.6 is 27.3 Å². The fraction of sp³-hybridized carbons (Fsp3) is 0.300. The summed E-state index contributed by atoms with van der Waals surface area (Å²) in [6, 6.07) is 4.15. The maximum Gasteiger partial charge on any atom is 0.123 e. The zero-order valence-electron chi connectivity index (χ0n) is 8.62. The van der Waals surface area contributed by atoms with Gasteiger partial charge in [0.1, 0.15) is 5.82 Å². The third kappa shape index (κ3) is 1.87. The van der Waals surface area contributed by atoms with Crippen LogP contribution in [0.15, 0.2) is 15.9 Å². The predicted octanol–water partition coefficient (Wildman–Crippen LogP) is 2.68. The Bertz CT molecular complexity index is 487. The Hall–Kier alpha value is -0.650. The minimum absolute atomic E-state index is 0.476. The number of aromatic nitrogens is 2. The largest absolute Gasteiger partial charge is 0.329 e. The van der Waals surface area contributed by atoms with E-state index in [2.05, 4.69) is 37.6 Å².